The first-order chi connectivity index (χ1) is 7.45. The molecule has 0 amide bonds. The van der Waals surface area contributed by atoms with E-state index in [-0.39, 0.29) is 27.1 Å². The quantitative estimate of drug-likeness (QED) is 0.633. The fourth-order valence-corrected chi connectivity index (χ4v) is 1.73. The number of carbonyl (C=O) groups is 2. The third-order valence-electron chi connectivity index (χ3n) is 1.79. The van der Waals surface area contributed by atoms with Gasteiger partial charge in [-0.2, -0.15) is 8.78 Å². The fourth-order valence-electron chi connectivity index (χ4n) is 1.13. The lowest BCUT2D eigenvalue weighted by molar-refractivity contribution is -0.0504. The van der Waals surface area contributed by atoms with Gasteiger partial charge in [-0.1, -0.05) is 0 Å². The van der Waals surface area contributed by atoms with E-state index in [4.69, 9.17) is 0 Å². The first kappa shape index (κ1) is 12.8. The smallest absolute Gasteiger partial charge is 0.387 e. The van der Waals surface area contributed by atoms with Crippen LogP contribution in [-0.4, -0.2) is 18.7 Å². The molecule has 0 saturated heterocycles. The fraction of sp³-hybridized carbons (Fsp3) is 0.200. The summed E-state index contributed by atoms with van der Waals surface area (Å²) in [6.07, 6.45) is 0.456. The minimum absolute atomic E-state index is 0.101. The summed E-state index contributed by atoms with van der Waals surface area (Å²) in [6.45, 7) is -1.75. The van der Waals surface area contributed by atoms with Gasteiger partial charge in [-0.15, -0.1) is 0 Å². The molecule has 86 valence electrons. The zero-order chi connectivity index (χ0) is 12.3. The second-order valence-corrected chi connectivity index (χ2v) is 3.73. The molecule has 1 aromatic carbocycles. The summed E-state index contributed by atoms with van der Waals surface area (Å²) >= 11 is 2.98. The van der Waals surface area contributed by atoms with Crippen LogP contribution in [0.15, 0.2) is 16.6 Å². The van der Waals surface area contributed by atoms with E-state index in [9.17, 15) is 18.4 Å². The summed E-state index contributed by atoms with van der Waals surface area (Å²) in [7, 11) is 0. The number of aldehydes is 1. The van der Waals surface area contributed by atoms with Crippen molar-refractivity contribution in [2.45, 2.75) is 13.5 Å². The summed E-state index contributed by atoms with van der Waals surface area (Å²) in [6, 6.07) is 2.44. The van der Waals surface area contributed by atoms with Gasteiger partial charge >= 0.3 is 6.61 Å². The van der Waals surface area contributed by atoms with Gasteiger partial charge in [0.15, 0.2) is 5.78 Å². The zero-order valence-corrected chi connectivity index (χ0v) is 9.75. The zero-order valence-electron chi connectivity index (χ0n) is 8.17. The van der Waals surface area contributed by atoms with Crippen LogP contribution in [0.5, 0.6) is 5.75 Å². The molecule has 0 fully saturated rings. The van der Waals surface area contributed by atoms with Gasteiger partial charge < -0.3 is 4.74 Å². The molecule has 6 heteroatoms. The molecule has 0 aromatic heterocycles. The average molecular weight is 293 g/mol. The largest absolute Gasteiger partial charge is 0.434 e. The molecule has 0 aliphatic heterocycles. The predicted octanol–water partition coefficient (Wildman–Crippen LogP) is 3.07. The van der Waals surface area contributed by atoms with Crippen molar-refractivity contribution in [2.75, 3.05) is 0 Å². The lowest BCUT2D eigenvalue weighted by Crippen LogP contribution is -2.05. The summed E-state index contributed by atoms with van der Waals surface area (Å²) in [5.41, 5.74) is 0.226. The van der Waals surface area contributed by atoms with Crippen LogP contribution in [0.4, 0.5) is 8.78 Å². The molecule has 0 heterocycles. The highest BCUT2D eigenvalue weighted by Crippen LogP contribution is 2.31. The molecule has 16 heavy (non-hydrogen) atoms. The normalized spacial score (nSPS) is 10.3. The van der Waals surface area contributed by atoms with E-state index in [0.717, 1.165) is 6.07 Å². The number of halogens is 3. The van der Waals surface area contributed by atoms with Crippen molar-refractivity contribution in [1.82, 2.24) is 0 Å². The first-order valence-electron chi connectivity index (χ1n) is 4.20. The maximum atomic E-state index is 12.1. The van der Waals surface area contributed by atoms with Crippen LogP contribution < -0.4 is 4.74 Å². The van der Waals surface area contributed by atoms with Gasteiger partial charge in [0.05, 0.1) is 4.47 Å². The molecule has 0 unspecified atom stereocenters. The Morgan fingerprint density at radius 1 is 1.50 bits per heavy atom. The van der Waals surface area contributed by atoms with Gasteiger partial charge in [0, 0.05) is 11.1 Å². The van der Waals surface area contributed by atoms with Crippen LogP contribution in [-0.2, 0) is 0 Å². The number of ether oxygens (including phenoxy) is 1. The highest BCUT2D eigenvalue weighted by molar-refractivity contribution is 9.10. The van der Waals surface area contributed by atoms with Crippen molar-refractivity contribution < 1.29 is 23.1 Å². The van der Waals surface area contributed by atoms with Crippen LogP contribution in [0.2, 0.25) is 0 Å². The average Bonchev–Trinajstić information content (AvgIpc) is 2.19. The van der Waals surface area contributed by atoms with Gasteiger partial charge in [0.1, 0.15) is 12.0 Å². The Bertz CT molecular complexity index is 432. The number of carbonyl (C=O) groups excluding carboxylic acids is 2. The van der Waals surface area contributed by atoms with E-state index in [2.05, 4.69) is 20.7 Å². The Hall–Kier alpha value is -1.30. The molecule has 1 rings (SSSR count). The van der Waals surface area contributed by atoms with E-state index >= 15 is 0 Å². The maximum absolute atomic E-state index is 12.1. The number of hydrogen-bond donors (Lipinski definition) is 0. The number of rotatable bonds is 4. The van der Waals surface area contributed by atoms with Gasteiger partial charge in [-0.05, 0) is 35.0 Å². The van der Waals surface area contributed by atoms with Crippen molar-refractivity contribution in [2.24, 2.45) is 0 Å². The number of benzene rings is 1. The number of Topliss-reactive ketones (excluding diaryl/α,β-unsaturated/α-hetero) is 1. The molecule has 0 N–H and O–H groups in total. The molecule has 0 saturated carbocycles. The highest BCUT2D eigenvalue weighted by Gasteiger charge is 2.15. The van der Waals surface area contributed by atoms with Crippen molar-refractivity contribution in [1.29, 1.82) is 0 Å². The Labute approximate surface area is 98.5 Å². The third kappa shape index (κ3) is 2.85. The topological polar surface area (TPSA) is 43.4 Å². The monoisotopic (exact) mass is 292 g/mol. The van der Waals surface area contributed by atoms with E-state index in [1.54, 1.807) is 0 Å². The van der Waals surface area contributed by atoms with Crippen LogP contribution >= 0.6 is 15.9 Å². The molecular formula is C10H7BrF2O3. The first-order valence-corrected chi connectivity index (χ1v) is 4.99. The highest BCUT2D eigenvalue weighted by atomic mass is 79.9. The van der Waals surface area contributed by atoms with Crippen LogP contribution in [0.25, 0.3) is 0 Å². The molecule has 0 bridgehead atoms. The van der Waals surface area contributed by atoms with Crippen LogP contribution in [0, 0.1) is 0 Å². The molecule has 0 atom stereocenters. The van der Waals surface area contributed by atoms with Crippen molar-refractivity contribution >= 4 is 28.0 Å². The van der Waals surface area contributed by atoms with Crippen molar-refractivity contribution in [3.05, 3.63) is 27.7 Å². The number of alkyl halides is 2. The van der Waals surface area contributed by atoms with E-state index in [1.807, 2.05) is 0 Å². The molecule has 0 spiro atoms. The Morgan fingerprint density at radius 3 is 2.56 bits per heavy atom. The Balaban J connectivity index is 3.31. The second-order valence-electron chi connectivity index (χ2n) is 2.93. The molecule has 3 nitrogen and oxygen atoms in total. The molecule has 1 aromatic rings. The third-order valence-corrected chi connectivity index (χ3v) is 2.61. The summed E-state index contributed by atoms with van der Waals surface area (Å²) < 4.78 is 28.4. The summed E-state index contributed by atoms with van der Waals surface area (Å²) in [5.74, 6) is -0.584. The SMILES string of the molecule is CC(=O)c1cc(C=O)cc(OC(F)F)c1Br. The van der Waals surface area contributed by atoms with Crippen LogP contribution in [0.1, 0.15) is 27.6 Å². The minimum atomic E-state index is -3.02. The number of hydrogen-bond acceptors (Lipinski definition) is 3. The standard InChI is InChI=1S/C10H7BrF2O3/c1-5(15)7-2-6(4-14)3-8(9(7)11)16-10(12)13/h2-4,10H,1H3. The Kier molecular flexibility index (Phi) is 4.12. The predicted molar refractivity (Wildman–Crippen MR) is 56.2 cm³/mol. The lowest BCUT2D eigenvalue weighted by atomic mass is 10.1. The van der Waals surface area contributed by atoms with Gasteiger partial charge in [0.2, 0.25) is 0 Å². The number of ketones is 1. The lowest BCUT2D eigenvalue weighted by Gasteiger charge is -2.10. The molecular weight excluding hydrogens is 286 g/mol. The van der Waals surface area contributed by atoms with Crippen molar-refractivity contribution in [3.63, 3.8) is 0 Å². The van der Waals surface area contributed by atoms with Gasteiger partial charge in [-0.3, -0.25) is 9.59 Å². The van der Waals surface area contributed by atoms with Crippen molar-refractivity contribution in [3.8, 4) is 5.75 Å². The summed E-state index contributed by atoms with van der Waals surface area (Å²) in [5, 5.41) is 0. The van der Waals surface area contributed by atoms with E-state index in [0.29, 0.717) is 6.29 Å². The van der Waals surface area contributed by atoms with Gasteiger partial charge in [0.25, 0.3) is 0 Å². The van der Waals surface area contributed by atoms with E-state index in [1.165, 1.54) is 13.0 Å². The van der Waals surface area contributed by atoms with Crippen LogP contribution in [0.3, 0.4) is 0 Å². The second kappa shape index (κ2) is 5.16. The molecule has 0 aliphatic rings. The van der Waals surface area contributed by atoms with E-state index < -0.39 is 6.61 Å². The Morgan fingerprint density at radius 2 is 2.12 bits per heavy atom. The van der Waals surface area contributed by atoms with Gasteiger partial charge in [-0.25, -0.2) is 0 Å². The maximum Gasteiger partial charge on any atom is 0.387 e. The molecule has 0 radical (unpaired) electrons. The minimum Gasteiger partial charge on any atom is -0.434 e. The summed E-state index contributed by atoms with van der Waals surface area (Å²) in [4.78, 5) is 21.7. The molecule has 0 aliphatic carbocycles.